The lowest BCUT2D eigenvalue weighted by atomic mass is 9.94. The van der Waals surface area contributed by atoms with Gasteiger partial charge in [-0.3, -0.25) is 0 Å². The van der Waals surface area contributed by atoms with Crippen molar-refractivity contribution in [2.45, 2.75) is 56.5 Å². The summed E-state index contributed by atoms with van der Waals surface area (Å²) in [5, 5.41) is 0. The van der Waals surface area contributed by atoms with E-state index in [1.165, 1.54) is 19.3 Å². The molecule has 2 aliphatic carbocycles. The van der Waals surface area contributed by atoms with E-state index in [9.17, 15) is 0 Å². The summed E-state index contributed by atoms with van der Waals surface area (Å²) in [6.07, 6.45) is 12.1. The molecule has 1 aliphatic heterocycles. The van der Waals surface area contributed by atoms with Gasteiger partial charge in [0.2, 0.25) is 0 Å². The van der Waals surface area contributed by atoms with Crippen molar-refractivity contribution in [2.24, 2.45) is 0 Å². The highest BCUT2D eigenvalue weighted by atomic mass is 16.8. The molecule has 0 amide bonds. The topological polar surface area (TPSA) is 18.5 Å². The molecule has 72 valence electrons. The highest BCUT2D eigenvalue weighted by molar-refractivity contribution is 5.08. The minimum absolute atomic E-state index is 0.182. The van der Waals surface area contributed by atoms with Gasteiger partial charge < -0.3 is 9.47 Å². The van der Waals surface area contributed by atoms with Gasteiger partial charge in [-0.25, -0.2) is 0 Å². The van der Waals surface area contributed by atoms with Crippen molar-refractivity contribution in [3.05, 3.63) is 12.2 Å². The van der Waals surface area contributed by atoms with Crippen molar-refractivity contribution in [1.82, 2.24) is 0 Å². The van der Waals surface area contributed by atoms with E-state index in [4.69, 9.17) is 9.47 Å². The molecule has 13 heavy (non-hydrogen) atoms. The Morgan fingerprint density at radius 2 is 1.92 bits per heavy atom. The fraction of sp³-hybridized carbons (Fsp3) is 0.818. The summed E-state index contributed by atoms with van der Waals surface area (Å²) in [5.74, 6) is -0.182. The van der Waals surface area contributed by atoms with E-state index in [1.54, 1.807) is 0 Å². The summed E-state index contributed by atoms with van der Waals surface area (Å²) in [7, 11) is 0. The lowest BCUT2D eigenvalue weighted by molar-refractivity contribution is -0.191. The van der Waals surface area contributed by atoms with Crippen LogP contribution in [0.1, 0.15) is 38.5 Å². The van der Waals surface area contributed by atoms with E-state index in [1.807, 2.05) is 0 Å². The molecule has 0 aromatic carbocycles. The van der Waals surface area contributed by atoms with Gasteiger partial charge in [0.1, 0.15) is 6.10 Å². The normalized spacial score (nSPS) is 41.2. The zero-order valence-electron chi connectivity index (χ0n) is 7.87. The van der Waals surface area contributed by atoms with E-state index in [0.717, 1.165) is 19.3 Å². The molecule has 1 heterocycles. The van der Waals surface area contributed by atoms with E-state index >= 15 is 0 Å². The maximum atomic E-state index is 6.03. The zero-order valence-corrected chi connectivity index (χ0v) is 7.87. The number of ether oxygens (including phenoxy) is 2. The molecule has 2 fully saturated rings. The van der Waals surface area contributed by atoms with Gasteiger partial charge in [0.25, 0.3) is 0 Å². The molecule has 1 spiro atoms. The first-order chi connectivity index (χ1) is 6.38. The van der Waals surface area contributed by atoms with Crippen molar-refractivity contribution in [1.29, 1.82) is 0 Å². The Labute approximate surface area is 78.9 Å². The van der Waals surface area contributed by atoms with Gasteiger partial charge in [0.15, 0.2) is 5.79 Å². The molecule has 2 atom stereocenters. The van der Waals surface area contributed by atoms with Gasteiger partial charge in [0.05, 0.1) is 6.10 Å². The molecule has 3 rings (SSSR count). The highest BCUT2D eigenvalue weighted by Crippen LogP contribution is 2.43. The van der Waals surface area contributed by atoms with Crippen molar-refractivity contribution in [3.63, 3.8) is 0 Å². The third kappa shape index (κ3) is 1.24. The highest BCUT2D eigenvalue weighted by Gasteiger charge is 2.47. The molecule has 1 saturated carbocycles. The number of fused-ring (bicyclic) bond motifs is 1. The Morgan fingerprint density at radius 3 is 2.69 bits per heavy atom. The van der Waals surface area contributed by atoms with Crippen LogP contribution in [-0.4, -0.2) is 18.0 Å². The molecule has 0 radical (unpaired) electrons. The van der Waals surface area contributed by atoms with Crippen LogP contribution in [0.5, 0.6) is 0 Å². The van der Waals surface area contributed by atoms with E-state index in [0.29, 0.717) is 6.10 Å². The van der Waals surface area contributed by atoms with Crippen LogP contribution in [0.25, 0.3) is 0 Å². The molecule has 0 aromatic rings. The zero-order chi connectivity index (χ0) is 8.73. The molecule has 1 saturated heterocycles. The number of hydrogen-bond donors (Lipinski definition) is 0. The van der Waals surface area contributed by atoms with Crippen LogP contribution in [0.2, 0.25) is 0 Å². The van der Waals surface area contributed by atoms with Crippen LogP contribution in [-0.2, 0) is 9.47 Å². The minimum atomic E-state index is -0.182. The monoisotopic (exact) mass is 180 g/mol. The first-order valence-electron chi connectivity index (χ1n) is 5.40. The Bertz CT molecular complexity index is 228. The van der Waals surface area contributed by atoms with E-state index in [2.05, 4.69) is 12.2 Å². The number of hydrogen-bond acceptors (Lipinski definition) is 2. The van der Waals surface area contributed by atoms with Crippen LogP contribution in [0.4, 0.5) is 0 Å². The lowest BCUT2D eigenvalue weighted by Crippen LogP contribution is -2.33. The van der Waals surface area contributed by atoms with Crippen LogP contribution in [0.15, 0.2) is 12.2 Å². The molecule has 3 aliphatic rings. The summed E-state index contributed by atoms with van der Waals surface area (Å²) in [5.41, 5.74) is 0. The molecule has 2 nitrogen and oxygen atoms in total. The fourth-order valence-corrected chi connectivity index (χ4v) is 2.71. The quantitative estimate of drug-likeness (QED) is 0.533. The van der Waals surface area contributed by atoms with E-state index in [-0.39, 0.29) is 11.9 Å². The Hall–Kier alpha value is -0.340. The SMILES string of the molecule is C1=CC2OC3(CCCCC3)OC2C1. The minimum Gasteiger partial charge on any atom is -0.343 e. The second-order valence-corrected chi connectivity index (χ2v) is 4.37. The predicted octanol–water partition coefficient (Wildman–Crippen LogP) is 2.39. The summed E-state index contributed by atoms with van der Waals surface area (Å²) in [6, 6.07) is 0. The van der Waals surface area contributed by atoms with Gasteiger partial charge in [-0.1, -0.05) is 18.6 Å². The van der Waals surface area contributed by atoms with Crippen LogP contribution in [0.3, 0.4) is 0 Å². The first-order valence-corrected chi connectivity index (χ1v) is 5.40. The van der Waals surface area contributed by atoms with Crippen LogP contribution in [0, 0.1) is 0 Å². The smallest absolute Gasteiger partial charge is 0.169 e. The van der Waals surface area contributed by atoms with Gasteiger partial charge in [0, 0.05) is 12.8 Å². The van der Waals surface area contributed by atoms with Crippen molar-refractivity contribution >= 4 is 0 Å². The van der Waals surface area contributed by atoms with Gasteiger partial charge in [-0.2, -0.15) is 0 Å². The lowest BCUT2D eigenvalue weighted by Gasteiger charge is -2.32. The molecule has 0 aromatic heterocycles. The van der Waals surface area contributed by atoms with Crippen molar-refractivity contribution in [2.75, 3.05) is 0 Å². The average molecular weight is 180 g/mol. The summed E-state index contributed by atoms with van der Waals surface area (Å²) < 4.78 is 12.0. The standard InChI is InChI=1S/C11H16O2/c1-2-7-11(8-3-1)12-9-5-4-6-10(9)13-11/h4-5,9-10H,1-3,6-8H2. The summed E-state index contributed by atoms with van der Waals surface area (Å²) in [6.45, 7) is 0. The van der Waals surface area contributed by atoms with Gasteiger partial charge in [-0.15, -0.1) is 0 Å². The van der Waals surface area contributed by atoms with Gasteiger partial charge in [-0.05, 0) is 19.3 Å². The Balaban J connectivity index is 1.76. The molecule has 0 bridgehead atoms. The van der Waals surface area contributed by atoms with Crippen LogP contribution >= 0.6 is 0 Å². The Morgan fingerprint density at radius 1 is 1.08 bits per heavy atom. The maximum absolute atomic E-state index is 6.03. The third-order valence-corrected chi connectivity index (χ3v) is 3.39. The Kier molecular flexibility index (Phi) is 1.74. The predicted molar refractivity (Wildman–Crippen MR) is 49.3 cm³/mol. The van der Waals surface area contributed by atoms with Crippen LogP contribution < -0.4 is 0 Å². The summed E-state index contributed by atoms with van der Waals surface area (Å²) >= 11 is 0. The van der Waals surface area contributed by atoms with E-state index < -0.39 is 0 Å². The molecule has 2 unspecified atom stereocenters. The fourth-order valence-electron chi connectivity index (χ4n) is 2.71. The third-order valence-electron chi connectivity index (χ3n) is 3.39. The van der Waals surface area contributed by atoms with Gasteiger partial charge >= 0.3 is 0 Å². The molecular formula is C11H16O2. The molecular weight excluding hydrogens is 164 g/mol. The van der Waals surface area contributed by atoms with Crippen molar-refractivity contribution in [3.8, 4) is 0 Å². The maximum Gasteiger partial charge on any atom is 0.169 e. The summed E-state index contributed by atoms with van der Waals surface area (Å²) in [4.78, 5) is 0. The molecule has 0 N–H and O–H groups in total. The number of rotatable bonds is 0. The average Bonchev–Trinajstić information content (AvgIpc) is 2.64. The second-order valence-electron chi connectivity index (χ2n) is 4.37. The second kappa shape index (κ2) is 2.82. The first kappa shape index (κ1) is 8.01. The molecule has 2 heteroatoms. The largest absolute Gasteiger partial charge is 0.343 e. The van der Waals surface area contributed by atoms with Crippen molar-refractivity contribution < 1.29 is 9.47 Å².